The zero-order chi connectivity index (χ0) is 20.5. The van der Waals surface area contributed by atoms with Gasteiger partial charge in [-0.1, -0.05) is 6.92 Å². The topological polar surface area (TPSA) is 71.3 Å². The highest BCUT2D eigenvalue weighted by Gasteiger charge is 2.12. The molecule has 7 heteroatoms. The van der Waals surface area contributed by atoms with Gasteiger partial charge in [-0.25, -0.2) is 0 Å². The van der Waals surface area contributed by atoms with Crippen molar-refractivity contribution in [3.05, 3.63) is 56.5 Å². The molecule has 146 valence electrons. The average molecular weight is 508 g/mol. The maximum atomic E-state index is 12.5. The van der Waals surface area contributed by atoms with Crippen molar-refractivity contribution in [3.63, 3.8) is 0 Å². The molecule has 0 aromatic heterocycles. The average Bonchev–Trinajstić information content (AvgIpc) is 2.67. The highest BCUT2D eigenvalue weighted by Crippen LogP contribution is 2.35. The first-order chi connectivity index (χ1) is 13.5. The van der Waals surface area contributed by atoms with Crippen LogP contribution in [-0.4, -0.2) is 19.1 Å². The van der Waals surface area contributed by atoms with E-state index >= 15 is 0 Å². The molecule has 0 spiro atoms. The van der Waals surface area contributed by atoms with Crippen molar-refractivity contribution in [2.24, 2.45) is 0 Å². The van der Waals surface area contributed by atoms with Crippen molar-refractivity contribution >= 4 is 49.5 Å². The molecule has 0 radical (unpaired) electrons. The van der Waals surface area contributed by atoms with Crippen molar-refractivity contribution in [2.45, 2.75) is 20.3 Å². The number of anilines is 1. The Labute approximate surface area is 181 Å². The summed E-state index contributed by atoms with van der Waals surface area (Å²) in [5.74, 6) is 0.929. The minimum Gasteiger partial charge on any atom is -0.494 e. The zero-order valence-corrected chi connectivity index (χ0v) is 18.8. The van der Waals surface area contributed by atoms with Crippen molar-refractivity contribution in [3.8, 4) is 17.6 Å². The fraction of sp³-hybridized carbons (Fsp3) is 0.238. The van der Waals surface area contributed by atoms with E-state index in [1.54, 1.807) is 36.4 Å². The van der Waals surface area contributed by atoms with E-state index in [1.165, 1.54) is 6.08 Å². The van der Waals surface area contributed by atoms with Crippen molar-refractivity contribution in [1.29, 1.82) is 5.26 Å². The molecule has 0 heterocycles. The lowest BCUT2D eigenvalue weighted by Crippen LogP contribution is -2.13. The summed E-state index contributed by atoms with van der Waals surface area (Å²) in [5.41, 5.74) is 1.27. The molecular weight excluding hydrogens is 488 g/mol. The number of nitrogens with zero attached hydrogens (tertiary/aromatic N) is 1. The smallest absolute Gasteiger partial charge is 0.266 e. The predicted octanol–water partition coefficient (Wildman–Crippen LogP) is 5.94. The first-order valence-corrected chi connectivity index (χ1v) is 10.3. The molecule has 0 bridgehead atoms. The summed E-state index contributed by atoms with van der Waals surface area (Å²) in [6.07, 6.45) is 2.42. The molecule has 0 atom stereocenters. The zero-order valence-electron chi connectivity index (χ0n) is 15.6. The Morgan fingerprint density at radius 3 is 2.32 bits per heavy atom. The highest BCUT2D eigenvalue weighted by atomic mass is 79.9. The van der Waals surface area contributed by atoms with Crippen LogP contribution in [0.2, 0.25) is 0 Å². The van der Waals surface area contributed by atoms with Crippen LogP contribution in [0.25, 0.3) is 6.08 Å². The second-order valence-electron chi connectivity index (χ2n) is 5.74. The number of rotatable bonds is 8. The fourth-order valence-electron chi connectivity index (χ4n) is 2.32. The van der Waals surface area contributed by atoms with Gasteiger partial charge in [0, 0.05) is 5.69 Å². The van der Waals surface area contributed by atoms with E-state index in [2.05, 4.69) is 37.2 Å². The summed E-state index contributed by atoms with van der Waals surface area (Å²) in [6, 6.07) is 12.5. The van der Waals surface area contributed by atoms with Crippen LogP contribution >= 0.6 is 31.9 Å². The summed E-state index contributed by atoms with van der Waals surface area (Å²) in [6.45, 7) is 5.10. The van der Waals surface area contributed by atoms with E-state index in [4.69, 9.17) is 9.47 Å². The molecule has 0 saturated carbocycles. The van der Waals surface area contributed by atoms with Crippen molar-refractivity contribution < 1.29 is 14.3 Å². The number of carbonyl (C=O) groups is 1. The molecule has 0 fully saturated rings. The number of carbonyl (C=O) groups excluding carboxylic acids is 1. The molecule has 1 N–H and O–H groups in total. The Balaban J connectivity index is 2.18. The number of halogens is 2. The van der Waals surface area contributed by atoms with E-state index in [9.17, 15) is 10.1 Å². The van der Waals surface area contributed by atoms with Crippen LogP contribution in [0.3, 0.4) is 0 Å². The first-order valence-electron chi connectivity index (χ1n) is 8.76. The third-order valence-electron chi connectivity index (χ3n) is 3.57. The quantitative estimate of drug-likeness (QED) is 0.354. The molecule has 1 amide bonds. The van der Waals surface area contributed by atoms with Crippen molar-refractivity contribution in [2.75, 3.05) is 18.5 Å². The molecule has 0 aliphatic carbocycles. The van der Waals surface area contributed by atoms with Crippen LogP contribution < -0.4 is 14.8 Å². The van der Waals surface area contributed by atoms with Gasteiger partial charge >= 0.3 is 0 Å². The molecule has 0 unspecified atom stereocenters. The first kappa shape index (κ1) is 22.0. The van der Waals surface area contributed by atoms with E-state index in [0.29, 0.717) is 30.2 Å². The summed E-state index contributed by atoms with van der Waals surface area (Å²) >= 11 is 6.94. The van der Waals surface area contributed by atoms with E-state index in [0.717, 1.165) is 21.1 Å². The molecule has 0 aliphatic heterocycles. The van der Waals surface area contributed by atoms with Gasteiger partial charge in [-0.3, -0.25) is 4.79 Å². The Morgan fingerprint density at radius 2 is 1.79 bits per heavy atom. The normalized spacial score (nSPS) is 10.9. The van der Waals surface area contributed by atoms with Crippen LogP contribution in [-0.2, 0) is 4.79 Å². The second-order valence-corrected chi connectivity index (χ2v) is 7.45. The molecule has 2 rings (SSSR count). The molecule has 2 aromatic rings. The molecule has 5 nitrogen and oxygen atoms in total. The molecule has 0 saturated heterocycles. The summed E-state index contributed by atoms with van der Waals surface area (Å²) in [7, 11) is 0. The lowest BCUT2D eigenvalue weighted by molar-refractivity contribution is -0.112. The van der Waals surface area contributed by atoms with Gasteiger partial charge in [0.2, 0.25) is 0 Å². The van der Waals surface area contributed by atoms with Gasteiger partial charge in [0.25, 0.3) is 5.91 Å². The number of hydrogen-bond donors (Lipinski definition) is 1. The summed E-state index contributed by atoms with van der Waals surface area (Å²) in [4.78, 5) is 12.5. The van der Waals surface area contributed by atoms with Crippen LogP contribution in [0, 0.1) is 11.3 Å². The second kappa shape index (κ2) is 10.9. The number of nitriles is 1. The van der Waals surface area contributed by atoms with E-state index < -0.39 is 5.91 Å². The van der Waals surface area contributed by atoms with E-state index in [-0.39, 0.29) is 5.57 Å². The van der Waals surface area contributed by atoms with Crippen LogP contribution in [0.1, 0.15) is 25.8 Å². The Bertz CT molecular complexity index is 880. The van der Waals surface area contributed by atoms with Gasteiger partial charge in [0.05, 0.1) is 22.2 Å². The van der Waals surface area contributed by atoms with Crippen LogP contribution in [0.15, 0.2) is 50.9 Å². The van der Waals surface area contributed by atoms with E-state index in [1.807, 2.05) is 19.9 Å². The third-order valence-corrected chi connectivity index (χ3v) is 4.75. The van der Waals surface area contributed by atoms with Gasteiger partial charge in [-0.05, 0) is 93.2 Å². The van der Waals surface area contributed by atoms with Gasteiger partial charge < -0.3 is 14.8 Å². The molecular formula is C21H20Br2N2O3. The number of benzene rings is 2. The Kier molecular flexibility index (Phi) is 8.55. The fourth-order valence-corrected chi connectivity index (χ4v) is 3.77. The molecule has 0 aliphatic rings. The van der Waals surface area contributed by atoms with Gasteiger partial charge in [-0.15, -0.1) is 0 Å². The van der Waals surface area contributed by atoms with Crippen LogP contribution in [0.5, 0.6) is 11.5 Å². The number of hydrogen-bond acceptors (Lipinski definition) is 4. The van der Waals surface area contributed by atoms with Gasteiger partial charge in [0.1, 0.15) is 23.1 Å². The predicted molar refractivity (Wildman–Crippen MR) is 117 cm³/mol. The highest BCUT2D eigenvalue weighted by molar-refractivity contribution is 9.11. The maximum Gasteiger partial charge on any atom is 0.266 e. The SMILES string of the molecule is CCCOc1c(Br)cc(/C=C(\C#N)C(=O)Nc2ccc(OCC)cc2)cc1Br. The van der Waals surface area contributed by atoms with Crippen molar-refractivity contribution in [1.82, 2.24) is 0 Å². The summed E-state index contributed by atoms with van der Waals surface area (Å²) in [5, 5.41) is 12.1. The largest absolute Gasteiger partial charge is 0.494 e. The maximum absolute atomic E-state index is 12.5. The summed E-state index contributed by atoms with van der Waals surface area (Å²) < 4.78 is 12.5. The number of nitrogens with one attached hydrogen (secondary N) is 1. The number of ether oxygens (including phenoxy) is 2. The lowest BCUT2D eigenvalue weighted by Gasteiger charge is -2.11. The minimum absolute atomic E-state index is 0.00471. The standard InChI is InChI=1S/C21H20Br2N2O3/c1-3-9-28-20-18(22)11-14(12-19(20)23)10-15(13-24)21(26)25-16-5-7-17(8-6-16)27-4-2/h5-8,10-12H,3-4,9H2,1-2H3,(H,25,26)/b15-10+. The van der Waals surface area contributed by atoms with Gasteiger partial charge in [0.15, 0.2) is 0 Å². The third kappa shape index (κ3) is 6.11. The van der Waals surface area contributed by atoms with Gasteiger partial charge in [-0.2, -0.15) is 5.26 Å². The minimum atomic E-state index is -0.481. The molecule has 2 aromatic carbocycles. The van der Waals surface area contributed by atoms with Crippen LogP contribution in [0.4, 0.5) is 5.69 Å². The monoisotopic (exact) mass is 506 g/mol. The lowest BCUT2D eigenvalue weighted by atomic mass is 10.1. The Morgan fingerprint density at radius 1 is 1.14 bits per heavy atom. The Hall–Kier alpha value is -2.30. The number of amides is 1. The molecule has 28 heavy (non-hydrogen) atoms.